The van der Waals surface area contributed by atoms with Gasteiger partial charge in [-0.05, 0) is 31.4 Å². The van der Waals surface area contributed by atoms with Gasteiger partial charge in [-0.25, -0.2) is 8.42 Å². The number of aryl methyl sites for hydroxylation is 1. The van der Waals surface area contributed by atoms with Gasteiger partial charge in [-0.2, -0.15) is 4.31 Å². The second-order valence-electron chi connectivity index (χ2n) is 5.75. The standard InChI is InChI=1S/C15H22N2O4S/c1-12-6-3-4-7-13(12)22(19,20)17-9-5-8-15(17,11-21-2)10-14(16)18/h3-4,6-7H,5,8-11H2,1-2H3,(H2,16,18)/t15-/m1/s1. The average molecular weight is 326 g/mol. The van der Waals surface area contributed by atoms with Crippen LogP contribution in [0.4, 0.5) is 0 Å². The van der Waals surface area contributed by atoms with Gasteiger partial charge in [0.1, 0.15) is 0 Å². The fourth-order valence-electron chi connectivity index (χ4n) is 3.22. The zero-order chi connectivity index (χ0) is 16.4. The van der Waals surface area contributed by atoms with Gasteiger partial charge < -0.3 is 10.5 Å². The van der Waals surface area contributed by atoms with Crippen molar-refractivity contribution in [3.05, 3.63) is 29.8 Å². The second kappa shape index (κ2) is 6.36. The van der Waals surface area contributed by atoms with Gasteiger partial charge in [-0.3, -0.25) is 4.79 Å². The lowest BCUT2D eigenvalue weighted by Gasteiger charge is -2.36. The molecule has 1 amide bonds. The van der Waals surface area contributed by atoms with E-state index >= 15 is 0 Å². The number of hydrogen-bond acceptors (Lipinski definition) is 4. The molecule has 1 aromatic rings. The van der Waals surface area contributed by atoms with Crippen molar-refractivity contribution in [2.75, 3.05) is 20.3 Å². The summed E-state index contributed by atoms with van der Waals surface area (Å²) in [4.78, 5) is 11.7. The summed E-state index contributed by atoms with van der Waals surface area (Å²) in [5.41, 5.74) is 5.14. The van der Waals surface area contributed by atoms with Crippen molar-refractivity contribution in [1.82, 2.24) is 4.31 Å². The second-order valence-corrected chi connectivity index (χ2v) is 7.58. The predicted molar refractivity (Wildman–Crippen MR) is 82.7 cm³/mol. The van der Waals surface area contributed by atoms with Crippen molar-refractivity contribution in [3.8, 4) is 0 Å². The van der Waals surface area contributed by atoms with Crippen molar-refractivity contribution >= 4 is 15.9 Å². The zero-order valence-electron chi connectivity index (χ0n) is 12.9. The maximum Gasteiger partial charge on any atom is 0.243 e. The van der Waals surface area contributed by atoms with Crippen LogP contribution in [0.15, 0.2) is 29.2 Å². The van der Waals surface area contributed by atoms with Crippen LogP contribution in [0.2, 0.25) is 0 Å². The Labute approximate surface area is 131 Å². The molecule has 1 aliphatic rings. The van der Waals surface area contributed by atoms with Gasteiger partial charge in [-0.1, -0.05) is 18.2 Å². The highest BCUT2D eigenvalue weighted by Crippen LogP contribution is 2.38. The van der Waals surface area contributed by atoms with E-state index in [1.165, 1.54) is 11.4 Å². The average Bonchev–Trinajstić information content (AvgIpc) is 2.82. The lowest BCUT2D eigenvalue weighted by molar-refractivity contribution is -0.120. The Morgan fingerprint density at radius 1 is 1.41 bits per heavy atom. The molecule has 2 N–H and O–H groups in total. The third-order valence-electron chi connectivity index (χ3n) is 4.11. The van der Waals surface area contributed by atoms with E-state index < -0.39 is 21.5 Å². The van der Waals surface area contributed by atoms with E-state index in [0.717, 1.165) is 0 Å². The van der Waals surface area contributed by atoms with E-state index in [4.69, 9.17) is 10.5 Å². The third-order valence-corrected chi connectivity index (χ3v) is 6.27. The molecule has 0 aliphatic carbocycles. The molecule has 2 rings (SSSR count). The lowest BCUT2D eigenvalue weighted by atomic mass is 9.94. The first-order chi connectivity index (χ1) is 10.3. The van der Waals surface area contributed by atoms with Crippen molar-refractivity contribution in [1.29, 1.82) is 0 Å². The molecule has 7 heteroatoms. The highest BCUT2D eigenvalue weighted by atomic mass is 32.2. The first-order valence-corrected chi connectivity index (χ1v) is 8.63. The van der Waals surface area contributed by atoms with E-state index in [1.807, 2.05) is 0 Å². The number of carbonyl (C=O) groups excluding carboxylic acids is 1. The van der Waals surface area contributed by atoms with Gasteiger partial charge >= 0.3 is 0 Å². The smallest absolute Gasteiger partial charge is 0.243 e. The summed E-state index contributed by atoms with van der Waals surface area (Å²) in [6.45, 7) is 2.28. The molecule has 122 valence electrons. The quantitative estimate of drug-likeness (QED) is 0.846. The molecule has 0 radical (unpaired) electrons. The van der Waals surface area contributed by atoms with Crippen LogP contribution in [0.25, 0.3) is 0 Å². The summed E-state index contributed by atoms with van der Waals surface area (Å²) in [5.74, 6) is -0.524. The number of amides is 1. The van der Waals surface area contributed by atoms with Gasteiger partial charge in [0.15, 0.2) is 0 Å². The predicted octanol–water partition coefficient (Wildman–Crippen LogP) is 1.04. The molecule has 22 heavy (non-hydrogen) atoms. The molecule has 0 bridgehead atoms. The fourth-order valence-corrected chi connectivity index (χ4v) is 5.27. The summed E-state index contributed by atoms with van der Waals surface area (Å²) in [6, 6.07) is 6.84. The molecule has 0 aromatic heterocycles. The van der Waals surface area contributed by atoms with Gasteiger partial charge in [0, 0.05) is 20.1 Å². The number of ether oxygens (including phenoxy) is 1. The highest BCUT2D eigenvalue weighted by molar-refractivity contribution is 7.89. The number of sulfonamides is 1. The van der Waals surface area contributed by atoms with Crippen LogP contribution in [0.1, 0.15) is 24.8 Å². The van der Waals surface area contributed by atoms with Crippen LogP contribution in [-0.4, -0.2) is 44.4 Å². The van der Waals surface area contributed by atoms with Crippen molar-refractivity contribution in [3.63, 3.8) is 0 Å². The Bertz CT molecular complexity index is 659. The van der Waals surface area contributed by atoms with E-state index in [-0.39, 0.29) is 17.9 Å². The maximum atomic E-state index is 13.0. The summed E-state index contributed by atoms with van der Waals surface area (Å²) in [6.07, 6.45) is 1.21. The summed E-state index contributed by atoms with van der Waals surface area (Å²) in [5, 5.41) is 0. The van der Waals surface area contributed by atoms with E-state index in [0.29, 0.717) is 24.9 Å². The maximum absolute atomic E-state index is 13.0. The molecular weight excluding hydrogens is 304 g/mol. The minimum atomic E-state index is -3.70. The van der Waals surface area contributed by atoms with E-state index in [2.05, 4.69) is 0 Å². The molecule has 0 unspecified atom stereocenters. The number of benzene rings is 1. The number of nitrogens with two attached hydrogens (primary N) is 1. The number of nitrogens with zero attached hydrogens (tertiary/aromatic N) is 1. The lowest BCUT2D eigenvalue weighted by Crippen LogP contribution is -2.52. The van der Waals surface area contributed by atoms with Crippen molar-refractivity contribution < 1.29 is 17.9 Å². The number of methoxy groups -OCH3 is 1. The van der Waals surface area contributed by atoms with Crippen LogP contribution in [-0.2, 0) is 19.6 Å². The minimum Gasteiger partial charge on any atom is -0.383 e. The van der Waals surface area contributed by atoms with Crippen LogP contribution < -0.4 is 5.73 Å². The molecule has 0 saturated carbocycles. The first-order valence-electron chi connectivity index (χ1n) is 7.19. The molecule has 0 spiro atoms. The van der Waals surface area contributed by atoms with Gasteiger partial charge in [0.2, 0.25) is 15.9 Å². The Kier molecular flexibility index (Phi) is 4.89. The molecule has 1 fully saturated rings. The third kappa shape index (κ3) is 3.02. The van der Waals surface area contributed by atoms with Gasteiger partial charge in [-0.15, -0.1) is 0 Å². The molecule has 1 atom stereocenters. The van der Waals surface area contributed by atoms with E-state index in [1.54, 1.807) is 31.2 Å². The van der Waals surface area contributed by atoms with Crippen molar-refractivity contribution in [2.24, 2.45) is 5.73 Å². The molecule has 1 aliphatic heterocycles. The van der Waals surface area contributed by atoms with E-state index in [9.17, 15) is 13.2 Å². The SMILES string of the molecule is COC[C@]1(CC(N)=O)CCCN1S(=O)(=O)c1ccccc1C. The number of carbonyl (C=O) groups is 1. The van der Waals surface area contributed by atoms with Crippen LogP contribution in [0.5, 0.6) is 0 Å². The molecular formula is C15H22N2O4S. The summed E-state index contributed by atoms with van der Waals surface area (Å²) in [7, 11) is -2.20. The molecule has 1 heterocycles. The largest absolute Gasteiger partial charge is 0.383 e. The van der Waals surface area contributed by atoms with Crippen LogP contribution in [0.3, 0.4) is 0 Å². The number of rotatable bonds is 6. The Balaban J connectivity index is 2.48. The van der Waals surface area contributed by atoms with Crippen LogP contribution in [0, 0.1) is 6.92 Å². The first kappa shape index (κ1) is 16.9. The summed E-state index contributed by atoms with van der Waals surface area (Å²) < 4.78 is 32.7. The molecule has 6 nitrogen and oxygen atoms in total. The Hall–Kier alpha value is -1.44. The number of hydrogen-bond donors (Lipinski definition) is 1. The zero-order valence-corrected chi connectivity index (χ0v) is 13.7. The summed E-state index contributed by atoms with van der Waals surface area (Å²) >= 11 is 0. The minimum absolute atomic E-state index is 0.0358. The monoisotopic (exact) mass is 326 g/mol. The van der Waals surface area contributed by atoms with Crippen molar-refractivity contribution in [2.45, 2.75) is 36.6 Å². The molecule has 1 saturated heterocycles. The molecule has 1 aromatic carbocycles. The normalized spacial score (nSPS) is 22.8. The van der Waals surface area contributed by atoms with Gasteiger partial charge in [0.05, 0.1) is 17.0 Å². The number of primary amides is 1. The topological polar surface area (TPSA) is 89.7 Å². The Morgan fingerprint density at radius 2 is 2.09 bits per heavy atom. The van der Waals surface area contributed by atoms with Gasteiger partial charge in [0.25, 0.3) is 0 Å². The Morgan fingerprint density at radius 3 is 2.68 bits per heavy atom. The fraction of sp³-hybridized carbons (Fsp3) is 0.533. The van der Waals surface area contributed by atoms with Crippen LogP contribution >= 0.6 is 0 Å². The highest BCUT2D eigenvalue weighted by Gasteiger charge is 2.48.